The van der Waals surface area contributed by atoms with Crippen LogP contribution in [0.15, 0.2) is 54.7 Å². The Labute approximate surface area is 175 Å². The third-order valence-corrected chi connectivity index (χ3v) is 5.11. The molecule has 0 saturated heterocycles. The second kappa shape index (κ2) is 9.05. The lowest BCUT2D eigenvalue weighted by Gasteiger charge is -2.16. The van der Waals surface area contributed by atoms with Crippen molar-refractivity contribution in [2.45, 2.75) is 33.2 Å². The molecule has 0 bridgehead atoms. The van der Waals surface area contributed by atoms with Gasteiger partial charge in [-0.05, 0) is 59.9 Å². The van der Waals surface area contributed by atoms with Gasteiger partial charge in [0, 0.05) is 23.5 Å². The predicted octanol–water partition coefficient (Wildman–Crippen LogP) is 5.98. The average Bonchev–Trinajstić information content (AvgIpc) is 2.70. The van der Waals surface area contributed by atoms with Gasteiger partial charge in [0.25, 0.3) is 5.91 Å². The van der Waals surface area contributed by atoms with Crippen molar-refractivity contribution in [1.29, 1.82) is 0 Å². The molecule has 2 aromatic carbocycles. The van der Waals surface area contributed by atoms with Gasteiger partial charge in [-0.15, -0.1) is 0 Å². The predicted molar refractivity (Wildman–Crippen MR) is 115 cm³/mol. The topological polar surface area (TPSA) is 54.0 Å². The Balaban J connectivity index is 1.79. The molecule has 1 amide bonds. The van der Waals surface area contributed by atoms with E-state index in [2.05, 4.69) is 15.6 Å². The van der Waals surface area contributed by atoms with E-state index in [1.54, 1.807) is 18.3 Å². The first-order valence-corrected chi connectivity index (χ1v) is 9.77. The van der Waals surface area contributed by atoms with Gasteiger partial charge in [0.2, 0.25) is 0 Å². The first-order chi connectivity index (χ1) is 13.8. The highest BCUT2D eigenvalue weighted by molar-refractivity contribution is 6.31. The van der Waals surface area contributed by atoms with Crippen molar-refractivity contribution in [3.8, 4) is 0 Å². The first kappa shape index (κ1) is 20.8. The minimum atomic E-state index is -0.301. The summed E-state index contributed by atoms with van der Waals surface area (Å²) >= 11 is 6.19. The fourth-order valence-corrected chi connectivity index (χ4v) is 3.14. The number of nitrogens with zero attached hydrogens (tertiary/aromatic N) is 1. The Morgan fingerprint density at radius 1 is 1.17 bits per heavy atom. The number of nitrogens with one attached hydrogen (secondary N) is 2. The molecule has 0 spiro atoms. The quantitative estimate of drug-likeness (QED) is 0.524. The van der Waals surface area contributed by atoms with Crippen molar-refractivity contribution >= 4 is 29.0 Å². The molecule has 3 rings (SSSR count). The van der Waals surface area contributed by atoms with Crippen molar-refractivity contribution in [2.75, 3.05) is 5.32 Å². The number of carbonyl (C=O) groups excluding carboxylic acids is 1. The minimum Gasteiger partial charge on any atom is -0.348 e. The molecule has 0 atom stereocenters. The van der Waals surface area contributed by atoms with E-state index in [4.69, 9.17) is 11.6 Å². The number of carbonyl (C=O) groups is 1. The number of anilines is 2. The van der Waals surface area contributed by atoms with Crippen LogP contribution in [0, 0.1) is 12.7 Å². The van der Waals surface area contributed by atoms with E-state index in [-0.39, 0.29) is 17.6 Å². The van der Waals surface area contributed by atoms with E-state index < -0.39 is 0 Å². The maximum atomic E-state index is 13.0. The number of hydrogen-bond acceptors (Lipinski definition) is 3. The summed E-state index contributed by atoms with van der Waals surface area (Å²) in [6, 6.07) is 13.6. The first-order valence-electron chi connectivity index (χ1n) is 9.40. The Hall–Kier alpha value is -2.92. The van der Waals surface area contributed by atoms with Crippen LogP contribution in [-0.4, -0.2) is 10.9 Å². The lowest BCUT2D eigenvalue weighted by atomic mass is 9.98. The van der Waals surface area contributed by atoms with Crippen molar-refractivity contribution in [2.24, 2.45) is 0 Å². The summed E-state index contributed by atoms with van der Waals surface area (Å²) in [5, 5.41) is 6.83. The molecule has 6 heteroatoms. The molecule has 29 heavy (non-hydrogen) atoms. The summed E-state index contributed by atoms with van der Waals surface area (Å²) in [7, 11) is 0. The molecule has 4 nitrogen and oxygen atoms in total. The summed E-state index contributed by atoms with van der Waals surface area (Å²) in [6.45, 7) is 6.31. The third kappa shape index (κ3) is 5.12. The van der Waals surface area contributed by atoms with Crippen molar-refractivity contribution in [3.05, 3.63) is 87.8 Å². The summed E-state index contributed by atoms with van der Waals surface area (Å²) < 4.78 is 13.0. The number of benzene rings is 2. The lowest BCUT2D eigenvalue weighted by molar-refractivity contribution is 0.0949. The highest BCUT2D eigenvalue weighted by Gasteiger charge is 2.16. The van der Waals surface area contributed by atoms with E-state index in [9.17, 15) is 9.18 Å². The number of halogens is 2. The summed E-state index contributed by atoms with van der Waals surface area (Å²) in [4.78, 5) is 17.1. The van der Waals surface area contributed by atoms with Crippen molar-refractivity contribution in [3.63, 3.8) is 0 Å². The molecule has 0 unspecified atom stereocenters. The van der Waals surface area contributed by atoms with Gasteiger partial charge in [-0.2, -0.15) is 0 Å². The highest BCUT2D eigenvalue weighted by Crippen LogP contribution is 2.28. The van der Waals surface area contributed by atoms with E-state index >= 15 is 0 Å². The zero-order chi connectivity index (χ0) is 21.0. The number of pyridine rings is 1. The minimum absolute atomic E-state index is 0.130. The Morgan fingerprint density at radius 2 is 1.90 bits per heavy atom. The molecule has 2 N–H and O–H groups in total. The summed E-state index contributed by atoms with van der Waals surface area (Å²) in [5.41, 5.74) is 4.04. The van der Waals surface area contributed by atoms with E-state index in [1.165, 1.54) is 12.1 Å². The maximum Gasteiger partial charge on any atom is 0.253 e. The van der Waals surface area contributed by atoms with Gasteiger partial charge in [0.05, 0.1) is 5.56 Å². The molecule has 0 fully saturated rings. The fourth-order valence-electron chi connectivity index (χ4n) is 2.97. The Kier molecular flexibility index (Phi) is 6.49. The van der Waals surface area contributed by atoms with Gasteiger partial charge in [-0.3, -0.25) is 4.79 Å². The van der Waals surface area contributed by atoms with Crippen LogP contribution in [-0.2, 0) is 6.54 Å². The molecular weight excluding hydrogens is 389 g/mol. The highest BCUT2D eigenvalue weighted by atomic mass is 35.5. The maximum absolute atomic E-state index is 13.0. The van der Waals surface area contributed by atoms with Crippen LogP contribution in [0.1, 0.15) is 46.8 Å². The Bertz CT molecular complexity index is 1020. The Morgan fingerprint density at radius 3 is 2.59 bits per heavy atom. The number of amides is 1. The van der Waals surface area contributed by atoms with Crippen LogP contribution >= 0.6 is 11.6 Å². The summed E-state index contributed by atoms with van der Waals surface area (Å²) in [5.74, 6) is 0.264. The SMILES string of the molecule is Cc1c(Cl)cccc1Nc1cc(C(C)C)c(C(=O)NCc2ccc(F)cc2)cn1. The van der Waals surface area contributed by atoms with Gasteiger partial charge in [-0.1, -0.05) is 43.6 Å². The monoisotopic (exact) mass is 411 g/mol. The van der Waals surface area contributed by atoms with Gasteiger partial charge in [-0.25, -0.2) is 9.37 Å². The number of hydrogen-bond donors (Lipinski definition) is 2. The van der Waals surface area contributed by atoms with Gasteiger partial charge in [0.1, 0.15) is 11.6 Å². The van der Waals surface area contributed by atoms with E-state index in [0.717, 1.165) is 22.4 Å². The standard InChI is InChI=1S/C23H23ClFN3O/c1-14(2)18-11-22(28-21-6-4-5-20(24)15(21)3)26-13-19(18)23(29)27-12-16-7-9-17(25)10-8-16/h4-11,13-14H,12H2,1-3H3,(H,26,28)(H,27,29). The number of aromatic nitrogens is 1. The van der Waals surface area contributed by atoms with Gasteiger partial charge in [0.15, 0.2) is 0 Å². The molecule has 0 aliphatic carbocycles. The molecular formula is C23H23ClFN3O. The molecule has 150 valence electrons. The van der Waals surface area contributed by atoms with Crippen LogP contribution in [0.25, 0.3) is 0 Å². The number of rotatable bonds is 6. The zero-order valence-electron chi connectivity index (χ0n) is 16.6. The molecule has 0 saturated carbocycles. The molecule has 1 heterocycles. The van der Waals surface area contributed by atoms with Crippen LogP contribution in [0.4, 0.5) is 15.9 Å². The van der Waals surface area contributed by atoms with Gasteiger partial charge >= 0.3 is 0 Å². The van der Waals surface area contributed by atoms with E-state index in [0.29, 0.717) is 22.9 Å². The van der Waals surface area contributed by atoms with Crippen LogP contribution in [0.3, 0.4) is 0 Å². The van der Waals surface area contributed by atoms with Gasteiger partial charge < -0.3 is 10.6 Å². The molecule has 0 aliphatic rings. The normalized spacial score (nSPS) is 10.8. The smallest absolute Gasteiger partial charge is 0.253 e. The second-order valence-electron chi connectivity index (χ2n) is 7.16. The van der Waals surface area contributed by atoms with E-state index in [1.807, 2.05) is 45.0 Å². The third-order valence-electron chi connectivity index (χ3n) is 4.70. The van der Waals surface area contributed by atoms with Crippen molar-refractivity contribution < 1.29 is 9.18 Å². The van der Waals surface area contributed by atoms with Crippen LogP contribution in [0.2, 0.25) is 5.02 Å². The largest absolute Gasteiger partial charge is 0.348 e. The van der Waals surface area contributed by atoms with Crippen molar-refractivity contribution in [1.82, 2.24) is 10.3 Å². The molecule has 1 aromatic heterocycles. The average molecular weight is 412 g/mol. The van der Waals surface area contributed by atoms with Crippen LogP contribution in [0.5, 0.6) is 0 Å². The zero-order valence-corrected chi connectivity index (χ0v) is 17.3. The lowest BCUT2D eigenvalue weighted by Crippen LogP contribution is -2.24. The molecule has 0 radical (unpaired) electrons. The molecule has 0 aliphatic heterocycles. The van der Waals surface area contributed by atoms with Crippen LogP contribution < -0.4 is 10.6 Å². The second-order valence-corrected chi connectivity index (χ2v) is 7.57. The molecule has 3 aromatic rings. The summed E-state index contributed by atoms with van der Waals surface area (Å²) in [6.07, 6.45) is 1.58. The fraction of sp³-hybridized carbons (Fsp3) is 0.217.